The summed E-state index contributed by atoms with van der Waals surface area (Å²) in [6.45, 7) is 7.26. The van der Waals surface area contributed by atoms with Gasteiger partial charge in [-0.1, -0.05) is 13.8 Å². The van der Waals surface area contributed by atoms with Crippen LogP contribution in [-0.2, 0) is 9.59 Å². The topological polar surface area (TPSA) is 40.6 Å². The number of carbonyl (C=O) groups is 2. The minimum Gasteiger partial charge on any atom is -0.329 e. The average Bonchev–Trinajstić information content (AvgIpc) is 2.90. The lowest BCUT2D eigenvalue weighted by Crippen LogP contribution is -2.64. The Bertz CT molecular complexity index is 423. The first kappa shape index (κ1) is 13.9. The zero-order valence-corrected chi connectivity index (χ0v) is 12.8. The normalized spacial score (nSPS) is 42.0. The first-order valence-electron chi connectivity index (χ1n) is 8.13. The molecule has 112 valence electrons. The van der Waals surface area contributed by atoms with Crippen LogP contribution in [-0.4, -0.2) is 46.3 Å². The summed E-state index contributed by atoms with van der Waals surface area (Å²) in [5.41, 5.74) is 0. The van der Waals surface area contributed by atoms with Crippen LogP contribution in [0.5, 0.6) is 0 Å². The predicted octanol–water partition coefficient (Wildman–Crippen LogP) is 2.03. The SMILES string of the molecule is CC1CCC(N2C(=O)C3CCCN3C(=O)C2C)CC1C. The first-order chi connectivity index (χ1) is 9.50. The smallest absolute Gasteiger partial charge is 0.246 e. The molecule has 5 unspecified atom stereocenters. The molecule has 0 spiro atoms. The molecule has 0 aromatic rings. The number of hydrogen-bond acceptors (Lipinski definition) is 2. The lowest BCUT2D eigenvalue weighted by atomic mass is 9.78. The third-order valence-corrected chi connectivity index (χ3v) is 5.81. The third-order valence-electron chi connectivity index (χ3n) is 5.81. The van der Waals surface area contributed by atoms with Crippen molar-refractivity contribution in [2.45, 2.75) is 71.0 Å². The molecule has 5 atom stereocenters. The fraction of sp³-hybridized carbons (Fsp3) is 0.875. The molecule has 2 heterocycles. The molecule has 0 bridgehead atoms. The van der Waals surface area contributed by atoms with Gasteiger partial charge >= 0.3 is 0 Å². The summed E-state index contributed by atoms with van der Waals surface area (Å²) in [7, 11) is 0. The maximum Gasteiger partial charge on any atom is 0.246 e. The summed E-state index contributed by atoms with van der Waals surface area (Å²) in [5.74, 6) is 1.75. The molecule has 1 saturated carbocycles. The van der Waals surface area contributed by atoms with Gasteiger partial charge in [-0.05, 0) is 50.9 Å². The maximum absolute atomic E-state index is 12.8. The van der Waals surface area contributed by atoms with E-state index in [2.05, 4.69) is 13.8 Å². The van der Waals surface area contributed by atoms with Crippen LogP contribution in [0.3, 0.4) is 0 Å². The largest absolute Gasteiger partial charge is 0.329 e. The van der Waals surface area contributed by atoms with Crippen LogP contribution >= 0.6 is 0 Å². The van der Waals surface area contributed by atoms with Gasteiger partial charge < -0.3 is 9.80 Å². The molecule has 1 aliphatic carbocycles. The standard InChI is InChI=1S/C16H26N2O2/c1-10-6-7-13(9-11(10)2)18-12(3)15(19)17-8-4-5-14(17)16(18)20/h10-14H,4-9H2,1-3H3. The van der Waals surface area contributed by atoms with Crippen molar-refractivity contribution in [1.82, 2.24) is 9.80 Å². The molecule has 0 aromatic carbocycles. The molecule has 2 aliphatic heterocycles. The van der Waals surface area contributed by atoms with E-state index < -0.39 is 0 Å². The quantitative estimate of drug-likeness (QED) is 0.736. The van der Waals surface area contributed by atoms with E-state index in [4.69, 9.17) is 0 Å². The van der Waals surface area contributed by atoms with E-state index in [1.807, 2.05) is 16.7 Å². The molecule has 4 nitrogen and oxygen atoms in total. The molecule has 4 heteroatoms. The Kier molecular flexibility index (Phi) is 3.51. The second-order valence-corrected chi connectivity index (χ2v) is 7.03. The number of amides is 2. The van der Waals surface area contributed by atoms with Gasteiger partial charge in [-0.15, -0.1) is 0 Å². The number of carbonyl (C=O) groups excluding carboxylic acids is 2. The number of rotatable bonds is 1. The summed E-state index contributed by atoms with van der Waals surface area (Å²) in [4.78, 5) is 29.0. The second kappa shape index (κ2) is 5.05. The van der Waals surface area contributed by atoms with Gasteiger partial charge in [-0.3, -0.25) is 9.59 Å². The lowest BCUT2D eigenvalue weighted by Gasteiger charge is -2.47. The molecule has 3 fully saturated rings. The van der Waals surface area contributed by atoms with Crippen molar-refractivity contribution < 1.29 is 9.59 Å². The van der Waals surface area contributed by atoms with Gasteiger partial charge in [-0.25, -0.2) is 0 Å². The van der Waals surface area contributed by atoms with E-state index in [-0.39, 0.29) is 29.9 Å². The van der Waals surface area contributed by atoms with Crippen molar-refractivity contribution in [3.63, 3.8) is 0 Å². The number of hydrogen-bond donors (Lipinski definition) is 0. The second-order valence-electron chi connectivity index (χ2n) is 7.03. The Hall–Kier alpha value is -1.06. The van der Waals surface area contributed by atoms with Gasteiger partial charge in [0, 0.05) is 12.6 Å². The van der Waals surface area contributed by atoms with E-state index in [0.29, 0.717) is 5.92 Å². The van der Waals surface area contributed by atoms with Crippen molar-refractivity contribution in [2.24, 2.45) is 11.8 Å². The van der Waals surface area contributed by atoms with Crippen LogP contribution in [0.2, 0.25) is 0 Å². The van der Waals surface area contributed by atoms with Crippen LogP contribution in [0.4, 0.5) is 0 Å². The zero-order chi connectivity index (χ0) is 14.4. The molecular weight excluding hydrogens is 252 g/mol. The van der Waals surface area contributed by atoms with Gasteiger partial charge in [-0.2, -0.15) is 0 Å². The predicted molar refractivity (Wildman–Crippen MR) is 77.0 cm³/mol. The molecular formula is C16H26N2O2. The Morgan fingerprint density at radius 1 is 0.950 bits per heavy atom. The van der Waals surface area contributed by atoms with E-state index in [1.165, 1.54) is 6.42 Å². The van der Waals surface area contributed by atoms with Crippen molar-refractivity contribution in [3.8, 4) is 0 Å². The van der Waals surface area contributed by atoms with Crippen molar-refractivity contribution in [2.75, 3.05) is 6.54 Å². The zero-order valence-electron chi connectivity index (χ0n) is 12.8. The molecule has 3 aliphatic rings. The Balaban J connectivity index is 1.81. The van der Waals surface area contributed by atoms with E-state index >= 15 is 0 Å². The highest BCUT2D eigenvalue weighted by Gasteiger charge is 2.48. The van der Waals surface area contributed by atoms with Gasteiger partial charge in [0.2, 0.25) is 11.8 Å². The highest BCUT2D eigenvalue weighted by atomic mass is 16.2. The van der Waals surface area contributed by atoms with Crippen LogP contribution < -0.4 is 0 Å². The van der Waals surface area contributed by atoms with Gasteiger partial charge in [0.1, 0.15) is 12.1 Å². The summed E-state index contributed by atoms with van der Waals surface area (Å²) >= 11 is 0. The van der Waals surface area contributed by atoms with E-state index in [1.54, 1.807) is 0 Å². The summed E-state index contributed by atoms with van der Waals surface area (Å²) in [5, 5.41) is 0. The average molecular weight is 278 g/mol. The maximum atomic E-state index is 12.8. The van der Waals surface area contributed by atoms with Crippen molar-refractivity contribution >= 4 is 11.8 Å². The van der Waals surface area contributed by atoms with E-state index in [9.17, 15) is 9.59 Å². The van der Waals surface area contributed by atoms with E-state index in [0.717, 1.165) is 38.1 Å². The first-order valence-corrected chi connectivity index (χ1v) is 8.13. The van der Waals surface area contributed by atoms with Gasteiger partial charge in [0.05, 0.1) is 0 Å². The lowest BCUT2D eigenvalue weighted by molar-refractivity contribution is -0.162. The number of fused-ring (bicyclic) bond motifs is 1. The molecule has 0 N–H and O–H groups in total. The molecule has 2 saturated heterocycles. The Morgan fingerprint density at radius 3 is 2.40 bits per heavy atom. The molecule has 2 amide bonds. The highest BCUT2D eigenvalue weighted by Crippen LogP contribution is 2.36. The van der Waals surface area contributed by atoms with Crippen LogP contribution in [0, 0.1) is 11.8 Å². The minimum absolute atomic E-state index is 0.159. The molecule has 0 aromatic heterocycles. The molecule has 3 rings (SSSR count). The Morgan fingerprint density at radius 2 is 1.70 bits per heavy atom. The van der Waals surface area contributed by atoms with Crippen molar-refractivity contribution in [1.29, 1.82) is 0 Å². The minimum atomic E-state index is -0.262. The highest BCUT2D eigenvalue weighted by molar-refractivity contribution is 5.97. The number of piperazine rings is 1. The van der Waals surface area contributed by atoms with Crippen molar-refractivity contribution in [3.05, 3.63) is 0 Å². The Labute approximate surface area is 121 Å². The van der Waals surface area contributed by atoms with Crippen LogP contribution in [0.25, 0.3) is 0 Å². The fourth-order valence-corrected chi connectivity index (χ4v) is 4.28. The fourth-order valence-electron chi connectivity index (χ4n) is 4.28. The summed E-state index contributed by atoms with van der Waals surface area (Å²) < 4.78 is 0. The summed E-state index contributed by atoms with van der Waals surface area (Å²) in [6, 6.07) is -0.147. The number of nitrogens with zero attached hydrogens (tertiary/aromatic N) is 2. The molecule has 20 heavy (non-hydrogen) atoms. The van der Waals surface area contributed by atoms with Crippen LogP contribution in [0.1, 0.15) is 52.9 Å². The summed E-state index contributed by atoms with van der Waals surface area (Å²) in [6.07, 6.45) is 5.11. The molecule has 0 radical (unpaired) electrons. The van der Waals surface area contributed by atoms with Crippen LogP contribution in [0.15, 0.2) is 0 Å². The van der Waals surface area contributed by atoms with Gasteiger partial charge in [0.25, 0.3) is 0 Å². The van der Waals surface area contributed by atoms with Gasteiger partial charge in [0.15, 0.2) is 0 Å². The third kappa shape index (κ3) is 2.04. The monoisotopic (exact) mass is 278 g/mol.